The van der Waals surface area contributed by atoms with Crippen molar-refractivity contribution in [2.45, 2.75) is 32.7 Å². The highest BCUT2D eigenvalue weighted by Crippen LogP contribution is 2.27. The zero-order valence-corrected chi connectivity index (χ0v) is 16.1. The molecule has 0 aliphatic rings. The molecule has 1 amide bonds. The first-order valence-electron chi connectivity index (χ1n) is 9.10. The minimum Gasteiger partial charge on any atom is -0.460 e. The number of hydrogen-bond donors (Lipinski definition) is 0. The maximum Gasteiger partial charge on any atom is 0.573 e. The average Bonchev–Trinajstić information content (AvgIpc) is 2.68. The standard InChI is InChI=1S/C21H22F3NO4/c1-3-25(4-2)19(26)18(20(27)28-14-15-8-6-5-7-9-15)16-10-12-17(13-11-16)29-21(22,23)24/h5-13,18H,3-4,14H2,1-2H3. The molecule has 2 aromatic rings. The van der Waals surface area contributed by atoms with E-state index in [4.69, 9.17) is 4.74 Å². The summed E-state index contributed by atoms with van der Waals surface area (Å²) in [6.07, 6.45) is -4.83. The van der Waals surface area contributed by atoms with Crippen molar-refractivity contribution in [2.75, 3.05) is 13.1 Å². The van der Waals surface area contributed by atoms with Crippen LogP contribution in [0.15, 0.2) is 54.6 Å². The summed E-state index contributed by atoms with van der Waals surface area (Å²) in [6.45, 7) is 4.29. The Kier molecular flexibility index (Phi) is 7.64. The molecule has 2 rings (SSSR count). The van der Waals surface area contributed by atoms with Gasteiger partial charge in [-0.3, -0.25) is 9.59 Å². The summed E-state index contributed by atoms with van der Waals surface area (Å²) in [4.78, 5) is 27.1. The Hall–Kier alpha value is -3.03. The molecule has 0 fully saturated rings. The van der Waals surface area contributed by atoms with Gasteiger partial charge in [-0.15, -0.1) is 13.2 Å². The van der Waals surface area contributed by atoms with E-state index in [0.717, 1.165) is 17.7 Å². The number of hydrogen-bond acceptors (Lipinski definition) is 4. The number of rotatable bonds is 8. The van der Waals surface area contributed by atoms with Crippen LogP contribution >= 0.6 is 0 Å². The SMILES string of the molecule is CCN(CC)C(=O)C(C(=O)OCc1ccccc1)c1ccc(OC(F)(F)F)cc1. The number of benzene rings is 2. The monoisotopic (exact) mass is 409 g/mol. The van der Waals surface area contributed by atoms with E-state index in [9.17, 15) is 22.8 Å². The molecular weight excluding hydrogens is 387 g/mol. The highest BCUT2D eigenvalue weighted by molar-refractivity contribution is 6.03. The van der Waals surface area contributed by atoms with Crippen LogP contribution in [0.5, 0.6) is 5.75 Å². The summed E-state index contributed by atoms with van der Waals surface area (Å²) < 4.78 is 46.2. The van der Waals surface area contributed by atoms with Crippen molar-refractivity contribution < 1.29 is 32.2 Å². The summed E-state index contributed by atoms with van der Waals surface area (Å²) >= 11 is 0. The van der Waals surface area contributed by atoms with Gasteiger partial charge in [0.1, 0.15) is 12.4 Å². The van der Waals surface area contributed by atoms with E-state index in [1.54, 1.807) is 38.1 Å². The molecule has 0 saturated heterocycles. The molecule has 5 nitrogen and oxygen atoms in total. The molecule has 2 aromatic carbocycles. The summed E-state index contributed by atoms with van der Waals surface area (Å²) in [5.74, 6) is -2.96. The van der Waals surface area contributed by atoms with Crippen molar-refractivity contribution in [3.8, 4) is 5.75 Å². The van der Waals surface area contributed by atoms with Crippen LogP contribution in [0.3, 0.4) is 0 Å². The smallest absolute Gasteiger partial charge is 0.460 e. The van der Waals surface area contributed by atoms with Gasteiger partial charge in [0.05, 0.1) is 0 Å². The van der Waals surface area contributed by atoms with Crippen molar-refractivity contribution in [3.63, 3.8) is 0 Å². The molecule has 0 N–H and O–H groups in total. The second kappa shape index (κ2) is 9.95. The number of likely N-dealkylation sites (N-methyl/N-ethyl adjacent to an activating group) is 1. The van der Waals surface area contributed by atoms with Crippen LogP contribution in [0, 0.1) is 0 Å². The van der Waals surface area contributed by atoms with Gasteiger partial charge in [0.25, 0.3) is 0 Å². The molecule has 0 aliphatic heterocycles. The van der Waals surface area contributed by atoms with Gasteiger partial charge in [0.2, 0.25) is 5.91 Å². The Balaban J connectivity index is 2.24. The topological polar surface area (TPSA) is 55.8 Å². The molecule has 8 heteroatoms. The Morgan fingerprint density at radius 1 is 0.966 bits per heavy atom. The third kappa shape index (κ3) is 6.51. The third-order valence-electron chi connectivity index (χ3n) is 4.23. The molecule has 0 saturated carbocycles. The Labute approximate surface area is 167 Å². The maximum absolute atomic E-state index is 12.9. The second-order valence-electron chi connectivity index (χ2n) is 6.15. The van der Waals surface area contributed by atoms with Gasteiger partial charge in [-0.25, -0.2) is 0 Å². The lowest BCUT2D eigenvalue weighted by Gasteiger charge is -2.24. The Morgan fingerprint density at radius 2 is 1.55 bits per heavy atom. The molecule has 1 unspecified atom stereocenters. The summed E-state index contributed by atoms with van der Waals surface area (Å²) in [7, 11) is 0. The number of carbonyl (C=O) groups excluding carboxylic acids is 2. The zero-order chi connectivity index (χ0) is 21.4. The number of amides is 1. The van der Waals surface area contributed by atoms with Gasteiger partial charge in [-0.2, -0.15) is 0 Å². The second-order valence-corrected chi connectivity index (χ2v) is 6.15. The van der Waals surface area contributed by atoms with Crippen LogP contribution in [0.1, 0.15) is 30.9 Å². The van der Waals surface area contributed by atoms with Crippen molar-refractivity contribution in [3.05, 3.63) is 65.7 Å². The van der Waals surface area contributed by atoms with Crippen LogP contribution in [-0.2, 0) is 20.9 Å². The first-order chi connectivity index (χ1) is 13.7. The molecule has 1 atom stereocenters. The van der Waals surface area contributed by atoms with Gasteiger partial charge in [0, 0.05) is 13.1 Å². The fourth-order valence-corrected chi connectivity index (χ4v) is 2.77. The Bertz CT molecular complexity index is 803. The predicted octanol–water partition coefficient (Wildman–Crippen LogP) is 4.28. The number of carbonyl (C=O) groups is 2. The first-order valence-corrected chi connectivity index (χ1v) is 9.10. The van der Waals surface area contributed by atoms with Gasteiger partial charge < -0.3 is 14.4 Å². The summed E-state index contributed by atoms with van der Waals surface area (Å²) in [5, 5.41) is 0. The molecule has 0 bridgehead atoms. The molecule has 0 spiro atoms. The Morgan fingerprint density at radius 3 is 2.07 bits per heavy atom. The number of esters is 1. The lowest BCUT2D eigenvalue weighted by atomic mass is 9.97. The van der Waals surface area contributed by atoms with Crippen molar-refractivity contribution in [1.29, 1.82) is 0 Å². The van der Waals surface area contributed by atoms with E-state index in [2.05, 4.69) is 4.74 Å². The van der Waals surface area contributed by atoms with Crippen LogP contribution in [-0.4, -0.2) is 36.2 Å². The molecule has 0 radical (unpaired) electrons. The average molecular weight is 409 g/mol. The van der Waals surface area contributed by atoms with E-state index in [1.165, 1.54) is 17.0 Å². The van der Waals surface area contributed by atoms with E-state index >= 15 is 0 Å². The summed E-state index contributed by atoms with van der Waals surface area (Å²) in [5.41, 5.74) is 0.985. The van der Waals surface area contributed by atoms with Gasteiger partial charge >= 0.3 is 12.3 Å². The molecule has 0 heterocycles. The van der Waals surface area contributed by atoms with E-state index < -0.39 is 29.9 Å². The van der Waals surface area contributed by atoms with Crippen LogP contribution in [0.25, 0.3) is 0 Å². The van der Waals surface area contributed by atoms with Crippen molar-refractivity contribution in [2.24, 2.45) is 0 Å². The van der Waals surface area contributed by atoms with Gasteiger partial charge in [-0.05, 0) is 37.1 Å². The molecule has 156 valence electrons. The highest BCUT2D eigenvalue weighted by atomic mass is 19.4. The number of alkyl halides is 3. The van der Waals surface area contributed by atoms with E-state index in [-0.39, 0.29) is 12.2 Å². The van der Waals surface area contributed by atoms with Crippen molar-refractivity contribution >= 4 is 11.9 Å². The van der Waals surface area contributed by atoms with Crippen LogP contribution in [0.4, 0.5) is 13.2 Å². The van der Waals surface area contributed by atoms with E-state index in [1.807, 2.05) is 6.07 Å². The zero-order valence-electron chi connectivity index (χ0n) is 16.1. The molecular formula is C21H22F3NO4. The fraction of sp³-hybridized carbons (Fsp3) is 0.333. The number of halogens is 3. The fourth-order valence-electron chi connectivity index (χ4n) is 2.77. The normalized spacial score (nSPS) is 12.2. The highest BCUT2D eigenvalue weighted by Gasteiger charge is 2.34. The molecule has 0 aliphatic carbocycles. The predicted molar refractivity (Wildman–Crippen MR) is 100 cm³/mol. The maximum atomic E-state index is 12.9. The lowest BCUT2D eigenvalue weighted by molar-refractivity contribution is -0.274. The van der Waals surface area contributed by atoms with E-state index in [0.29, 0.717) is 13.1 Å². The minimum atomic E-state index is -4.83. The molecule has 29 heavy (non-hydrogen) atoms. The van der Waals surface area contributed by atoms with Crippen LogP contribution < -0.4 is 4.74 Å². The van der Waals surface area contributed by atoms with Crippen molar-refractivity contribution in [1.82, 2.24) is 4.90 Å². The molecule has 0 aromatic heterocycles. The first kappa shape index (κ1) is 22.3. The van der Waals surface area contributed by atoms with Gasteiger partial charge in [0.15, 0.2) is 5.92 Å². The summed E-state index contributed by atoms with van der Waals surface area (Å²) in [6, 6.07) is 13.6. The number of ether oxygens (including phenoxy) is 2. The van der Waals surface area contributed by atoms with Gasteiger partial charge in [-0.1, -0.05) is 42.5 Å². The largest absolute Gasteiger partial charge is 0.573 e. The lowest BCUT2D eigenvalue weighted by Crippen LogP contribution is -2.38. The number of nitrogens with zero attached hydrogens (tertiary/aromatic N) is 1. The minimum absolute atomic E-state index is 0.0169. The third-order valence-corrected chi connectivity index (χ3v) is 4.23. The quantitative estimate of drug-likeness (QED) is 0.482. The van der Waals surface area contributed by atoms with Crippen LogP contribution in [0.2, 0.25) is 0 Å².